The number of rotatable bonds is 13. The van der Waals surface area contributed by atoms with Crippen molar-refractivity contribution in [1.29, 1.82) is 0 Å². The van der Waals surface area contributed by atoms with Crippen LogP contribution in [-0.4, -0.2) is 51.1 Å². The molecule has 3 unspecified atom stereocenters. The molecule has 1 aliphatic heterocycles. The van der Waals surface area contributed by atoms with E-state index in [0.29, 0.717) is 25.1 Å². The van der Waals surface area contributed by atoms with Crippen molar-refractivity contribution in [2.75, 3.05) is 13.3 Å². The number of aromatic nitrogens is 2. The Morgan fingerprint density at radius 3 is 2.66 bits per heavy atom. The number of hydrogen-bond donors (Lipinski definition) is 3. The monoisotopic (exact) mass is 443 g/mol. The molecule has 0 saturated carbocycles. The van der Waals surface area contributed by atoms with Gasteiger partial charge in [0.25, 0.3) is 0 Å². The SMILES string of the molecule is CC(CCC(=O)O)CNC(Cc1cncn1C(Cc1ccccc1)C1=COCO1)C(=O)O. The Hall–Kier alpha value is -3.33. The molecule has 9 heteroatoms. The minimum Gasteiger partial charge on any atom is -0.481 e. The predicted molar refractivity (Wildman–Crippen MR) is 116 cm³/mol. The molecule has 3 atom stereocenters. The van der Waals surface area contributed by atoms with Crippen LogP contribution in [0.1, 0.15) is 37.1 Å². The molecule has 1 aromatic carbocycles. The zero-order valence-corrected chi connectivity index (χ0v) is 18.0. The maximum Gasteiger partial charge on any atom is 0.321 e. The fraction of sp³-hybridized carbons (Fsp3) is 0.435. The van der Waals surface area contributed by atoms with Crippen molar-refractivity contribution in [2.24, 2.45) is 5.92 Å². The summed E-state index contributed by atoms with van der Waals surface area (Å²) >= 11 is 0. The summed E-state index contributed by atoms with van der Waals surface area (Å²) in [7, 11) is 0. The molecule has 9 nitrogen and oxygen atoms in total. The van der Waals surface area contributed by atoms with Gasteiger partial charge in [-0.2, -0.15) is 0 Å². The molecular formula is C23H29N3O6. The molecule has 0 aliphatic carbocycles. The highest BCUT2D eigenvalue weighted by Gasteiger charge is 2.27. The number of carboxylic acids is 2. The number of carbonyl (C=O) groups is 2. The molecular weight excluding hydrogens is 414 g/mol. The van der Waals surface area contributed by atoms with E-state index in [1.165, 1.54) is 0 Å². The van der Waals surface area contributed by atoms with Crippen LogP contribution in [-0.2, 0) is 31.9 Å². The summed E-state index contributed by atoms with van der Waals surface area (Å²) in [5.74, 6) is -1.12. The van der Waals surface area contributed by atoms with Gasteiger partial charge >= 0.3 is 11.9 Å². The van der Waals surface area contributed by atoms with E-state index in [4.69, 9.17) is 14.6 Å². The summed E-state index contributed by atoms with van der Waals surface area (Å²) in [5, 5.41) is 21.6. The third-order valence-corrected chi connectivity index (χ3v) is 5.45. The Bertz CT molecular complexity index is 927. The van der Waals surface area contributed by atoms with Crippen LogP contribution in [0.25, 0.3) is 0 Å². The lowest BCUT2D eigenvalue weighted by molar-refractivity contribution is -0.140. The van der Waals surface area contributed by atoms with Gasteiger partial charge in [-0.15, -0.1) is 0 Å². The van der Waals surface area contributed by atoms with Gasteiger partial charge in [0, 0.05) is 31.2 Å². The van der Waals surface area contributed by atoms with E-state index in [9.17, 15) is 14.7 Å². The summed E-state index contributed by atoms with van der Waals surface area (Å²) in [6.45, 7) is 2.46. The first kappa shape index (κ1) is 23.3. The van der Waals surface area contributed by atoms with E-state index >= 15 is 0 Å². The topological polar surface area (TPSA) is 123 Å². The largest absolute Gasteiger partial charge is 0.481 e. The van der Waals surface area contributed by atoms with Gasteiger partial charge in [-0.1, -0.05) is 37.3 Å². The van der Waals surface area contributed by atoms with Crippen LogP contribution in [0, 0.1) is 5.92 Å². The molecule has 0 saturated heterocycles. The summed E-state index contributed by atoms with van der Waals surface area (Å²) in [6.07, 6.45) is 6.34. The predicted octanol–water partition coefficient (Wildman–Crippen LogP) is 2.60. The highest BCUT2D eigenvalue weighted by molar-refractivity contribution is 5.73. The van der Waals surface area contributed by atoms with Crippen molar-refractivity contribution >= 4 is 11.9 Å². The van der Waals surface area contributed by atoms with Crippen molar-refractivity contribution in [3.63, 3.8) is 0 Å². The number of nitrogens with zero attached hydrogens (tertiary/aromatic N) is 2. The normalized spacial score (nSPS) is 15.8. The standard InChI is InChI=1S/C23H29N3O6/c1-16(7-8-22(27)28)11-25-19(23(29)30)10-18-12-24-14-26(18)20(21-13-31-15-32-21)9-17-5-3-2-4-6-17/h2-6,12-14,16,19-20,25H,7-11,15H2,1H3,(H,27,28)(H,29,30). The Morgan fingerprint density at radius 1 is 1.22 bits per heavy atom. The summed E-state index contributed by atoms with van der Waals surface area (Å²) < 4.78 is 12.9. The summed E-state index contributed by atoms with van der Waals surface area (Å²) in [4.78, 5) is 26.9. The number of nitrogens with one attached hydrogen (secondary N) is 1. The highest BCUT2D eigenvalue weighted by Crippen LogP contribution is 2.28. The molecule has 1 aromatic heterocycles. The van der Waals surface area contributed by atoms with Crippen LogP contribution in [0.15, 0.2) is 54.9 Å². The van der Waals surface area contributed by atoms with Crippen LogP contribution >= 0.6 is 0 Å². The molecule has 0 spiro atoms. The first-order valence-corrected chi connectivity index (χ1v) is 10.6. The second-order valence-electron chi connectivity index (χ2n) is 7.99. The molecule has 0 amide bonds. The van der Waals surface area contributed by atoms with Crippen molar-refractivity contribution < 1.29 is 29.3 Å². The molecule has 0 radical (unpaired) electrons. The number of allylic oxidation sites excluding steroid dienone is 1. The van der Waals surface area contributed by atoms with Crippen molar-refractivity contribution in [1.82, 2.24) is 14.9 Å². The Balaban J connectivity index is 1.73. The van der Waals surface area contributed by atoms with E-state index in [1.807, 2.05) is 41.8 Å². The molecule has 0 fully saturated rings. The fourth-order valence-electron chi connectivity index (χ4n) is 3.64. The van der Waals surface area contributed by atoms with Crippen LogP contribution in [0.2, 0.25) is 0 Å². The van der Waals surface area contributed by atoms with E-state index < -0.39 is 18.0 Å². The lowest BCUT2D eigenvalue weighted by Crippen LogP contribution is -2.41. The lowest BCUT2D eigenvalue weighted by Gasteiger charge is -2.23. The molecule has 2 heterocycles. The number of benzene rings is 1. The molecule has 2 aromatic rings. The molecule has 3 rings (SSSR count). The summed E-state index contributed by atoms with van der Waals surface area (Å²) in [5.41, 5.74) is 1.86. The lowest BCUT2D eigenvalue weighted by atomic mass is 10.0. The zero-order valence-electron chi connectivity index (χ0n) is 18.0. The summed E-state index contributed by atoms with van der Waals surface area (Å²) in [6, 6.07) is 8.90. The van der Waals surface area contributed by atoms with Gasteiger partial charge in [0.2, 0.25) is 6.79 Å². The number of hydrogen-bond acceptors (Lipinski definition) is 6. The molecule has 1 aliphatic rings. The first-order valence-electron chi connectivity index (χ1n) is 10.6. The molecule has 0 bridgehead atoms. The fourth-order valence-corrected chi connectivity index (χ4v) is 3.64. The zero-order chi connectivity index (χ0) is 22.9. The van der Waals surface area contributed by atoms with Gasteiger partial charge in [-0.05, 0) is 24.4 Å². The second-order valence-corrected chi connectivity index (χ2v) is 7.99. The Morgan fingerprint density at radius 2 is 2.00 bits per heavy atom. The Labute approximate surface area is 186 Å². The quantitative estimate of drug-likeness (QED) is 0.432. The average Bonchev–Trinajstić information content (AvgIpc) is 3.46. The van der Waals surface area contributed by atoms with Crippen molar-refractivity contribution in [3.8, 4) is 0 Å². The van der Waals surface area contributed by atoms with Crippen LogP contribution < -0.4 is 5.32 Å². The maximum atomic E-state index is 11.9. The van der Waals surface area contributed by atoms with E-state index in [-0.39, 0.29) is 31.6 Å². The van der Waals surface area contributed by atoms with Gasteiger partial charge in [0.05, 0.1) is 12.4 Å². The van der Waals surface area contributed by atoms with Crippen LogP contribution in [0.5, 0.6) is 0 Å². The third-order valence-electron chi connectivity index (χ3n) is 5.45. The minimum atomic E-state index is -0.970. The molecule has 172 valence electrons. The number of imidazole rings is 1. The Kier molecular flexibility index (Phi) is 8.27. The highest BCUT2D eigenvalue weighted by atomic mass is 16.7. The number of aliphatic carboxylic acids is 2. The van der Waals surface area contributed by atoms with Crippen LogP contribution in [0.3, 0.4) is 0 Å². The van der Waals surface area contributed by atoms with E-state index in [1.54, 1.807) is 18.8 Å². The van der Waals surface area contributed by atoms with Crippen molar-refractivity contribution in [2.45, 2.75) is 44.7 Å². The number of ether oxygens (including phenoxy) is 2. The maximum absolute atomic E-state index is 11.9. The molecule has 3 N–H and O–H groups in total. The van der Waals surface area contributed by atoms with Gasteiger partial charge in [-0.3, -0.25) is 9.59 Å². The second kappa shape index (κ2) is 11.3. The first-order chi connectivity index (χ1) is 15.4. The van der Waals surface area contributed by atoms with Gasteiger partial charge in [0.15, 0.2) is 5.76 Å². The number of carboxylic acid groups (broad SMARTS) is 2. The average molecular weight is 444 g/mol. The van der Waals surface area contributed by atoms with Crippen LogP contribution in [0.4, 0.5) is 0 Å². The minimum absolute atomic E-state index is 0.0397. The van der Waals surface area contributed by atoms with Gasteiger partial charge < -0.3 is 29.6 Å². The smallest absolute Gasteiger partial charge is 0.321 e. The van der Waals surface area contributed by atoms with E-state index in [2.05, 4.69) is 10.3 Å². The van der Waals surface area contributed by atoms with Crippen molar-refractivity contribution in [3.05, 3.63) is 66.1 Å². The van der Waals surface area contributed by atoms with Gasteiger partial charge in [0.1, 0.15) is 12.3 Å². The molecule has 32 heavy (non-hydrogen) atoms. The van der Waals surface area contributed by atoms with Gasteiger partial charge in [-0.25, -0.2) is 4.98 Å². The van der Waals surface area contributed by atoms with E-state index in [0.717, 1.165) is 11.3 Å². The third kappa shape index (κ3) is 6.58.